The molecule has 0 saturated heterocycles. The SMILES string of the molecule is CNCC(Oc1ccc(Cl)c(F)c1)c1ccccc1. The molecular weight excluding hydrogens is 265 g/mol. The van der Waals surface area contributed by atoms with Crippen molar-refractivity contribution in [3.63, 3.8) is 0 Å². The van der Waals surface area contributed by atoms with Crippen LogP contribution in [0.3, 0.4) is 0 Å². The Morgan fingerprint density at radius 2 is 1.95 bits per heavy atom. The van der Waals surface area contributed by atoms with Crippen LogP contribution in [0.25, 0.3) is 0 Å². The maximum Gasteiger partial charge on any atom is 0.145 e. The van der Waals surface area contributed by atoms with Crippen LogP contribution in [-0.2, 0) is 0 Å². The molecule has 4 heteroatoms. The largest absolute Gasteiger partial charge is 0.484 e. The summed E-state index contributed by atoms with van der Waals surface area (Å²) in [5, 5.41) is 3.16. The molecule has 2 aromatic carbocycles. The second-order valence-electron chi connectivity index (χ2n) is 4.15. The van der Waals surface area contributed by atoms with Crippen LogP contribution in [0.2, 0.25) is 5.02 Å². The number of benzene rings is 2. The highest BCUT2D eigenvalue weighted by Gasteiger charge is 2.13. The van der Waals surface area contributed by atoms with Gasteiger partial charge in [0.25, 0.3) is 0 Å². The predicted molar refractivity (Wildman–Crippen MR) is 75.1 cm³/mol. The molecule has 100 valence electrons. The first-order chi connectivity index (χ1) is 9.20. The summed E-state index contributed by atoms with van der Waals surface area (Å²) in [6.45, 7) is 0.633. The van der Waals surface area contributed by atoms with Crippen LogP contribution in [0, 0.1) is 5.82 Å². The summed E-state index contributed by atoms with van der Waals surface area (Å²) < 4.78 is 19.2. The van der Waals surface area contributed by atoms with E-state index in [1.165, 1.54) is 12.1 Å². The number of halogens is 2. The van der Waals surface area contributed by atoms with Gasteiger partial charge in [-0.05, 0) is 24.7 Å². The maximum atomic E-state index is 13.4. The third kappa shape index (κ3) is 3.69. The van der Waals surface area contributed by atoms with Crippen molar-refractivity contribution in [2.24, 2.45) is 0 Å². The molecule has 1 N–H and O–H groups in total. The van der Waals surface area contributed by atoms with E-state index in [1.807, 2.05) is 37.4 Å². The van der Waals surface area contributed by atoms with Crippen molar-refractivity contribution in [3.8, 4) is 5.75 Å². The quantitative estimate of drug-likeness (QED) is 0.898. The van der Waals surface area contributed by atoms with E-state index in [0.29, 0.717) is 12.3 Å². The molecule has 0 aliphatic carbocycles. The van der Waals surface area contributed by atoms with Gasteiger partial charge in [0.1, 0.15) is 17.7 Å². The van der Waals surface area contributed by atoms with Gasteiger partial charge in [0, 0.05) is 12.6 Å². The molecule has 0 aromatic heterocycles. The van der Waals surface area contributed by atoms with Gasteiger partial charge in [-0.2, -0.15) is 0 Å². The smallest absolute Gasteiger partial charge is 0.145 e. The van der Waals surface area contributed by atoms with Crippen LogP contribution in [0.5, 0.6) is 5.75 Å². The Labute approximate surface area is 117 Å². The molecule has 2 rings (SSSR count). The Bertz CT molecular complexity index is 533. The molecule has 0 bridgehead atoms. The van der Waals surface area contributed by atoms with Crippen LogP contribution < -0.4 is 10.1 Å². The zero-order valence-electron chi connectivity index (χ0n) is 10.6. The topological polar surface area (TPSA) is 21.3 Å². The fourth-order valence-corrected chi connectivity index (χ4v) is 1.91. The minimum atomic E-state index is -0.476. The Balaban J connectivity index is 2.19. The maximum absolute atomic E-state index is 13.4. The number of nitrogens with one attached hydrogen (secondary N) is 1. The molecule has 1 atom stereocenters. The van der Waals surface area contributed by atoms with Crippen molar-refractivity contribution >= 4 is 11.6 Å². The van der Waals surface area contributed by atoms with E-state index in [0.717, 1.165) is 5.56 Å². The third-order valence-electron chi connectivity index (χ3n) is 2.73. The molecule has 19 heavy (non-hydrogen) atoms. The van der Waals surface area contributed by atoms with Crippen LogP contribution in [0.15, 0.2) is 48.5 Å². The minimum absolute atomic E-state index is 0.0947. The zero-order valence-corrected chi connectivity index (χ0v) is 11.3. The summed E-state index contributed by atoms with van der Waals surface area (Å²) in [5.74, 6) is -0.0126. The van der Waals surface area contributed by atoms with Crippen molar-refractivity contribution < 1.29 is 9.13 Å². The molecule has 0 heterocycles. The number of hydrogen-bond donors (Lipinski definition) is 1. The van der Waals surface area contributed by atoms with E-state index >= 15 is 0 Å². The molecule has 0 aliphatic rings. The lowest BCUT2D eigenvalue weighted by atomic mass is 10.1. The van der Waals surface area contributed by atoms with Gasteiger partial charge in [-0.15, -0.1) is 0 Å². The van der Waals surface area contributed by atoms with Gasteiger partial charge in [-0.1, -0.05) is 41.9 Å². The van der Waals surface area contributed by atoms with E-state index in [1.54, 1.807) is 6.07 Å². The van der Waals surface area contributed by atoms with E-state index in [4.69, 9.17) is 16.3 Å². The fourth-order valence-electron chi connectivity index (χ4n) is 1.80. The van der Waals surface area contributed by atoms with Crippen molar-refractivity contribution in [1.82, 2.24) is 5.32 Å². The average Bonchev–Trinajstić information content (AvgIpc) is 2.43. The number of hydrogen-bond acceptors (Lipinski definition) is 2. The summed E-state index contributed by atoms with van der Waals surface area (Å²) in [7, 11) is 1.85. The first-order valence-electron chi connectivity index (χ1n) is 6.02. The molecule has 0 spiro atoms. The summed E-state index contributed by atoms with van der Waals surface area (Å²) in [5.41, 5.74) is 1.03. The number of likely N-dealkylation sites (N-methyl/N-ethyl adjacent to an activating group) is 1. The van der Waals surface area contributed by atoms with E-state index in [9.17, 15) is 4.39 Å². The molecule has 2 nitrogen and oxygen atoms in total. The summed E-state index contributed by atoms with van der Waals surface area (Å²) >= 11 is 5.65. The molecule has 0 amide bonds. The normalized spacial score (nSPS) is 12.2. The third-order valence-corrected chi connectivity index (χ3v) is 3.04. The molecule has 0 fully saturated rings. The highest BCUT2D eigenvalue weighted by molar-refractivity contribution is 6.30. The second kappa shape index (κ2) is 6.55. The van der Waals surface area contributed by atoms with Crippen molar-refractivity contribution in [3.05, 3.63) is 64.9 Å². The van der Waals surface area contributed by atoms with Crippen LogP contribution in [0.4, 0.5) is 4.39 Å². The highest BCUT2D eigenvalue weighted by atomic mass is 35.5. The Morgan fingerprint density at radius 1 is 1.21 bits per heavy atom. The minimum Gasteiger partial charge on any atom is -0.484 e. The van der Waals surface area contributed by atoms with Gasteiger partial charge in [0.15, 0.2) is 0 Å². The monoisotopic (exact) mass is 279 g/mol. The van der Waals surface area contributed by atoms with E-state index in [2.05, 4.69) is 5.32 Å². The van der Waals surface area contributed by atoms with Gasteiger partial charge in [0.05, 0.1) is 5.02 Å². The molecule has 2 aromatic rings. The van der Waals surface area contributed by atoms with Crippen LogP contribution in [-0.4, -0.2) is 13.6 Å². The lowest BCUT2D eigenvalue weighted by Gasteiger charge is -2.19. The summed E-state index contributed by atoms with van der Waals surface area (Å²) in [4.78, 5) is 0. The van der Waals surface area contributed by atoms with Crippen molar-refractivity contribution in [1.29, 1.82) is 0 Å². The van der Waals surface area contributed by atoms with Gasteiger partial charge >= 0.3 is 0 Å². The lowest BCUT2D eigenvalue weighted by molar-refractivity contribution is 0.204. The van der Waals surface area contributed by atoms with Gasteiger partial charge in [-0.3, -0.25) is 0 Å². The van der Waals surface area contributed by atoms with E-state index < -0.39 is 5.82 Å². The van der Waals surface area contributed by atoms with Crippen LogP contribution >= 0.6 is 11.6 Å². The number of ether oxygens (including phenoxy) is 1. The molecule has 0 radical (unpaired) electrons. The molecular formula is C15H15ClFNO. The van der Waals surface area contributed by atoms with Gasteiger partial charge < -0.3 is 10.1 Å². The average molecular weight is 280 g/mol. The number of rotatable bonds is 5. The standard InChI is InChI=1S/C15H15ClFNO/c1-18-10-15(11-5-3-2-4-6-11)19-12-7-8-13(16)14(17)9-12/h2-9,15,18H,10H2,1H3. The Kier molecular flexibility index (Phi) is 4.77. The highest BCUT2D eigenvalue weighted by Crippen LogP contribution is 2.25. The van der Waals surface area contributed by atoms with Crippen LogP contribution in [0.1, 0.15) is 11.7 Å². The van der Waals surface area contributed by atoms with Crippen molar-refractivity contribution in [2.45, 2.75) is 6.10 Å². The van der Waals surface area contributed by atoms with Crippen molar-refractivity contribution in [2.75, 3.05) is 13.6 Å². The fraction of sp³-hybridized carbons (Fsp3) is 0.200. The predicted octanol–water partition coefficient (Wildman–Crippen LogP) is 3.82. The second-order valence-corrected chi connectivity index (χ2v) is 4.56. The van der Waals surface area contributed by atoms with Gasteiger partial charge in [-0.25, -0.2) is 4.39 Å². The molecule has 0 aliphatic heterocycles. The Morgan fingerprint density at radius 3 is 2.58 bits per heavy atom. The van der Waals surface area contributed by atoms with Gasteiger partial charge in [0.2, 0.25) is 0 Å². The molecule has 1 unspecified atom stereocenters. The lowest BCUT2D eigenvalue weighted by Crippen LogP contribution is -2.21. The summed E-state index contributed by atoms with van der Waals surface area (Å²) in [6.07, 6.45) is -0.174. The van der Waals surface area contributed by atoms with E-state index in [-0.39, 0.29) is 11.1 Å². The zero-order chi connectivity index (χ0) is 13.7. The first-order valence-corrected chi connectivity index (χ1v) is 6.39. The Hall–Kier alpha value is -1.58. The molecule has 0 saturated carbocycles. The summed E-state index contributed by atoms with van der Waals surface area (Å²) in [6, 6.07) is 14.3. The first kappa shape index (κ1) is 13.8.